The van der Waals surface area contributed by atoms with Gasteiger partial charge in [-0.2, -0.15) is 0 Å². The van der Waals surface area contributed by atoms with E-state index >= 15 is 0 Å². The Balaban J connectivity index is 2.07. The maximum atomic E-state index is 5.88. The summed E-state index contributed by atoms with van der Waals surface area (Å²) in [6.45, 7) is 11.4. The largest absolute Gasteiger partial charge is 0.329 e. The van der Waals surface area contributed by atoms with E-state index in [1.54, 1.807) is 0 Å². The van der Waals surface area contributed by atoms with E-state index in [1.165, 1.54) is 32.5 Å². The molecule has 2 unspecified atom stereocenters. The van der Waals surface area contributed by atoms with Crippen LogP contribution in [0, 0.1) is 0 Å². The van der Waals surface area contributed by atoms with Crippen molar-refractivity contribution < 1.29 is 0 Å². The van der Waals surface area contributed by atoms with Crippen molar-refractivity contribution in [2.45, 2.75) is 51.2 Å². The molecule has 15 heavy (non-hydrogen) atoms. The molecule has 0 radical (unpaired) electrons. The quantitative estimate of drug-likeness (QED) is 0.736. The Morgan fingerprint density at radius 3 is 2.73 bits per heavy atom. The molecular weight excluding hydrogens is 186 g/mol. The highest BCUT2D eigenvalue weighted by Gasteiger charge is 2.39. The average molecular weight is 211 g/mol. The zero-order valence-electron chi connectivity index (χ0n) is 10.4. The van der Waals surface area contributed by atoms with Crippen LogP contribution in [0.3, 0.4) is 0 Å². The molecule has 88 valence electrons. The summed E-state index contributed by atoms with van der Waals surface area (Å²) < 4.78 is 0. The van der Waals surface area contributed by atoms with E-state index in [0.717, 1.165) is 12.6 Å². The van der Waals surface area contributed by atoms with Crippen molar-refractivity contribution in [3.05, 3.63) is 0 Å². The molecule has 0 aromatic rings. The van der Waals surface area contributed by atoms with E-state index in [2.05, 4.69) is 30.6 Å². The van der Waals surface area contributed by atoms with Crippen molar-refractivity contribution in [2.24, 2.45) is 5.73 Å². The minimum Gasteiger partial charge on any atom is -0.329 e. The summed E-state index contributed by atoms with van der Waals surface area (Å²) in [5.41, 5.74) is 6.04. The van der Waals surface area contributed by atoms with E-state index < -0.39 is 0 Å². The molecule has 2 heterocycles. The molecule has 2 aliphatic heterocycles. The Labute approximate surface area is 93.6 Å². The van der Waals surface area contributed by atoms with Gasteiger partial charge in [-0.05, 0) is 40.2 Å². The van der Waals surface area contributed by atoms with E-state index in [1.807, 2.05) is 0 Å². The number of piperazine rings is 1. The minimum atomic E-state index is 0.161. The molecule has 2 atom stereocenters. The molecule has 2 saturated heterocycles. The van der Waals surface area contributed by atoms with E-state index in [9.17, 15) is 0 Å². The topological polar surface area (TPSA) is 32.5 Å². The molecule has 3 heteroatoms. The summed E-state index contributed by atoms with van der Waals surface area (Å²) in [6, 6.07) is 1.45. The van der Waals surface area contributed by atoms with Gasteiger partial charge in [-0.1, -0.05) is 0 Å². The maximum Gasteiger partial charge on any atom is 0.0279 e. The molecule has 0 aromatic carbocycles. The Morgan fingerprint density at radius 2 is 2.07 bits per heavy atom. The average Bonchev–Trinajstić information content (AvgIpc) is 2.63. The third kappa shape index (κ3) is 2.05. The molecule has 3 nitrogen and oxygen atoms in total. The second-order valence-electron chi connectivity index (χ2n) is 5.81. The molecule has 2 N–H and O–H groups in total. The van der Waals surface area contributed by atoms with Gasteiger partial charge >= 0.3 is 0 Å². The smallest absolute Gasteiger partial charge is 0.0279 e. The predicted molar refractivity (Wildman–Crippen MR) is 63.9 cm³/mol. The van der Waals surface area contributed by atoms with Crippen molar-refractivity contribution in [2.75, 3.05) is 26.2 Å². The predicted octanol–water partition coefficient (Wildman–Crippen LogP) is 0.892. The van der Waals surface area contributed by atoms with Gasteiger partial charge in [0.1, 0.15) is 0 Å². The molecule has 0 spiro atoms. The van der Waals surface area contributed by atoms with Crippen LogP contribution in [0.4, 0.5) is 0 Å². The SMILES string of the molecule is CC1CN2CCCC2CN1C(C)(C)CN. The summed E-state index contributed by atoms with van der Waals surface area (Å²) in [7, 11) is 0. The third-order valence-electron chi connectivity index (χ3n) is 4.21. The van der Waals surface area contributed by atoms with Gasteiger partial charge in [0.15, 0.2) is 0 Å². The minimum absolute atomic E-state index is 0.161. The molecule has 0 amide bonds. The normalized spacial score (nSPS) is 34.4. The Kier molecular flexibility index (Phi) is 3.06. The first kappa shape index (κ1) is 11.4. The van der Waals surface area contributed by atoms with Crippen molar-refractivity contribution in [1.29, 1.82) is 0 Å². The van der Waals surface area contributed by atoms with Crippen molar-refractivity contribution in [3.63, 3.8) is 0 Å². The van der Waals surface area contributed by atoms with Crippen LogP contribution in [0.1, 0.15) is 33.6 Å². The highest BCUT2D eigenvalue weighted by Crippen LogP contribution is 2.28. The molecular formula is C12H25N3. The van der Waals surface area contributed by atoms with Crippen molar-refractivity contribution >= 4 is 0 Å². The van der Waals surface area contributed by atoms with Crippen LogP contribution < -0.4 is 5.73 Å². The second-order valence-corrected chi connectivity index (χ2v) is 5.81. The molecule has 2 aliphatic rings. The molecule has 0 bridgehead atoms. The van der Waals surface area contributed by atoms with Crippen LogP contribution in [-0.4, -0.2) is 53.6 Å². The summed E-state index contributed by atoms with van der Waals surface area (Å²) >= 11 is 0. The fourth-order valence-electron chi connectivity index (χ4n) is 3.15. The van der Waals surface area contributed by atoms with Gasteiger partial charge in [-0.3, -0.25) is 9.80 Å². The highest BCUT2D eigenvalue weighted by molar-refractivity contribution is 4.96. The fourth-order valence-corrected chi connectivity index (χ4v) is 3.15. The van der Waals surface area contributed by atoms with Crippen LogP contribution >= 0.6 is 0 Å². The van der Waals surface area contributed by atoms with Crippen LogP contribution in [-0.2, 0) is 0 Å². The standard InChI is InChI=1S/C12H25N3/c1-10-7-14-6-4-5-11(14)8-15(10)12(2,3)9-13/h10-11H,4-9,13H2,1-3H3. The number of nitrogens with two attached hydrogens (primary N) is 1. The molecule has 2 fully saturated rings. The number of nitrogens with zero attached hydrogens (tertiary/aromatic N) is 2. The summed E-state index contributed by atoms with van der Waals surface area (Å²) in [6.07, 6.45) is 2.76. The summed E-state index contributed by atoms with van der Waals surface area (Å²) in [5, 5.41) is 0. The molecule has 2 rings (SSSR count). The summed E-state index contributed by atoms with van der Waals surface area (Å²) in [4.78, 5) is 5.27. The lowest BCUT2D eigenvalue weighted by Crippen LogP contribution is -2.63. The van der Waals surface area contributed by atoms with Crippen molar-refractivity contribution in [3.8, 4) is 0 Å². The molecule has 0 aliphatic carbocycles. The van der Waals surface area contributed by atoms with Gasteiger partial charge < -0.3 is 5.73 Å². The lowest BCUT2D eigenvalue weighted by atomic mass is 9.96. The van der Waals surface area contributed by atoms with Gasteiger partial charge in [-0.25, -0.2) is 0 Å². The zero-order valence-corrected chi connectivity index (χ0v) is 10.4. The monoisotopic (exact) mass is 211 g/mol. The fraction of sp³-hybridized carbons (Fsp3) is 1.00. The molecule has 0 saturated carbocycles. The first-order valence-corrected chi connectivity index (χ1v) is 6.25. The first-order valence-electron chi connectivity index (χ1n) is 6.25. The van der Waals surface area contributed by atoms with Crippen LogP contribution in [0.25, 0.3) is 0 Å². The summed E-state index contributed by atoms with van der Waals surface area (Å²) in [5.74, 6) is 0. The molecule has 0 aromatic heterocycles. The number of hydrogen-bond donors (Lipinski definition) is 1. The van der Waals surface area contributed by atoms with E-state index in [-0.39, 0.29) is 5.54 Å². The Morgan fingerprint density at radius 1 is 1.33 bits per heavy atom. The van der Waals surface area contributed by atoms with Gasteiger partial charge in [0.25, 0.3) is 0 Å². The van der Waals surface area contributed by atoms with E-state index in [0.29, 0.717) is 6.04 Å². The first-order chi connectivity index (χ1) is 7.04. The van der Waals surface area contributed by atoms with Gasteiger partial charge in [-0.15, -0.1) is 0 Å². The second kappa shape index (κ2) is 4.04. The highest BCUT2D eigenvalue weighted by atomic mass is 15.3. The van der Waals surface area contributed by atoms with Gasteiger partial charge in [0.2, 0.25) is 0 Å². The van der Waals surface area contributed by atoms with Gasteiger partial charge in [0.05, 0.1) is 0 Å². The van der Waals surface area contributed by atoms with E-state index in [4.69, 9.17) is 5.73 Å². The van der Waals surface area contributed by atoms with Crippen LogP contribution in [0.15, 0.2) is 0 Å². The number of rotatable bonds is 2. The third-order valence-corrected chi connectivity index (χ3v) is 4.21. The number of fused-ring (bicyclic) bond motifs is 1. The zero-order chi connectivity index (χ0) is 11.1. The number of hydrogen-bond acceptors (Lipinski definition) is 3. The maximum absolute atomic E-state index is 5.88. The van der Waals surface area contributed by atoms with Gasteiger partial charge in [0, 0.05) is 37.3 Å². The lowest BCUT2D eigenvalue weighted by Gasteiger charge is -2.49. The lowest BCUT2D eigenvalue weighted by molar-refractivity contribution is -0.00444. The van der Waals surface area contributed by atoms with Crippen molar-refractivity contribution in [1.82, 2.24) is 9.80 Å². The van der Waals surface area contributed by atoms with Crippen LogP contribution in [0.5, 0.6) is 0 Å². The van der Waals surface area contributed by atoms with Crippen LogP contribution in [0.2, 0.25) is 0 Å². The Bertz CT molecular complexity index is 227. The Hall–Kier alpha value is -0.120.